The minimum Gasteiger partial charge on any atom is -0.331 e. The number of nitrogens with one attached hydrogen (secondary N) is 1. The van der Waals surface area contributed by atoms with Crippen molar-refractivity contribution in [3.05, 3.63) is 47.9 Å². The molecule has 0 spiro atoms. The largest absolute Gasteiger partial charge is 0.331 e. The summed E-state index contributed by atoms with van der Waals surface area (Å²) < 4.78 is 3.57. The average molecular weight is 329 g/mol. The van der Waals surface area contributed by atoms with Crippen LogP contribution in [-0.4, -0.2) is 9.55 Å². The number of thiophene rings is 2. The summed E-state index contributed by atoms with van der Waals surface area (Å²) in [4.78, 5) is 16.5. The Balaban J connectivity index is 1.96. The number of aromatic nitrogens is 2. The van der Waals surface area contributed by atoms with Crippen LogP contribution in [0.3, 0.4) is 0 Å². The maximum Gasteiger partial charge on any atom is 0.272 e. The maximum absolute atomic E-state index is 12.3. The molecule has 0 aliphatic carbocycles. The van der Waals surface area contributed by atoms with Gasteiger partial charge in [0.05, 0.1) is 9.85 Å². The third-order valence-corrected chi connectivity index (χ3v) is 5.32. The number of fused-ring (bicyclic) bond motifs is 1. The summed E-state index contributed by atoms with van der Waals surface area (Å²) in [5.74, 6) is 0. The Morgan fingerprint density at radius 1 is 1.37 bits per heavy atom. The van der Waals surface area contributed by atoms with E-state index < -0.39 is 0 Å². The first-order chi connectivity index (χ1) is 9.15. The molecule has 3 rings (SSSR count). The summed E-state index contributed by atoms with van der Waals surface area (Å²) >= 11 is 14.1. The predicted octanol–water partition coefficient (Wildman–Crippen LogP) is 4.08. The van der Waals surface area contributed by atoms with Crippen LogP contribution in [-0.2, 0) is 13.0 Å². The third kappa shape index (κ3) is 2.53. The third-order valence-electron chi connectivity index (χ3n) is 2.80. The number of halogens is 1. The zero-order valence-corrected chi connectivity index (χ0v) is 12.9. The number of aromatic amines is 1. The fraction of sp³-hybridized carbons (Fsp3) is 0.167. The van der Waals surface area contributed by atoms with Gasteiger partial charge in [0.2, 0.25) is 0 Å². The molecule has 3 nitrogen and oxygen atoms in total. The fourth-order valence-corrected chi connectivity index (χ4v) is 4.04. The summed E-state index contributed by atoms with van der Waals surface area (Å²) in [5, 5.41) is 1.89. The SMILES string of the molecule is O=c1c2sccc2[nH]c(=S)n1CCc1ccc(Cl)s1. The summed E-state index contributed by atoms with van der Waals surface area (Å²) in [6, 6.07) is 5.72. The quantitative estimate of drug-likeness (QED) is 0.736. The smallest absolute Gasteiger partial charge is 0.272 e. The van der Waals surface area contributed by atoms with Crippen LogP contribution in [0, 0.1) is 4.77 Å². The minimum absolute atomic E-state index is 0.0172. The van der Waals surface area contributed by atoms with Gasteiger partial charge in [0.25, 0.3) is 5.56 Å². The van der Waals surface area contributed by atoms with Crippen LogP contribution < -0.4 is 5.56 Å². The Labute approximate surface area is 127 Å². The Morgan fingerprint density at radius 2 is 2.21 bits per heavy atom. The summed E-state index contributed by atoms with van der Waals surface area (Å²) in [7, 11) is 0. The lowest BCUT2D eigenvalue weighted by atomic mass is 10.3. The second kappa shape index (κ2) is 5.20. The molecule has 0 amide bonds. The van der Waals surface area contributed by atoms with Crippen molar-refractivity contribution in [3.8, 4) is 0 Å². The van der Waals surface area contributed by atoms with Gasteiger partial charge in [-0.05, 0) is 42.2 Å². The molecule has 0 atom stereocenters. The zero-order valence-electron chi connectivity index (χ0n) is 9.68. The fourth-order valence-electron chi connectivity index (χ4n) is 1.88. The zero-order chi connectivity index (χ0) is 13.4. The van der Waals surface area contributed by atoms with Gasteiger partial charge < -0.3 is 4.98 Å². The lowest BCUT2D eigenvalue weighted by Gasteiger charge is -2.05. The molecule has 0 unspecified atom stereocenters. The van der Waals surface area contributed by atoms with E-state index >= 15 is 0 Å². The average Bonchev–Trinajstić information content (AvgIpc) is 2.98. The lowest BCUT2D eigenvalue weighted by molar-refractivity contribution is 0.658. The molecule has 0 radical (unpaired) electrons. The van der Waals surface area contributed by atoms with Crippen LogP contribution in [0.2, 0.25) is 4.34 Å². The van der Waals surface area contributed by atoms with Gasteiger partial charge in [0.1, 0.15) is 4.70 Å². The standard InChI is InChI=1S/C12H9ClN2OS3/c13-9-2-1-7(19-9)3-5-15-11(16)10-8(4-6-18-10)14-12(15)17/h1-2,4,6H,3,5H2,(H,14,17). The second-order valence-corrected chi connectivity index (χ2v) is 7.11. The van der Waals surface area contributed by atoms with E-state index in [1.807, 2.05) is 23.6 Å². The molecule has 0 fully saturated rings. The molecular formula is C12H9ClN2OS3. The molecule has 0 saturated heterocycles. The van der Waals surface area contributed by atoms with Crippen molar-refractivity contribution >= 4 is 56.7 Å². The van der Waals surface area contributed by atoms with E-state index in [-0.39, 0.29) is 5.56 Å². The van der Waals surface area contributed by atoms with Gasteiger partial charge in [0, 0.05) is 11.4 Å². The van der Waals surface area contributed by atoms with Crippen molar-refractivity contribution in [2.24, 2.45) is 0 Å². The number of rotatable bonds is 3. The van der Waals surface area contributed by atoms with Crippen molar-refractivity contribution in [1.29, 1.82) is 0 Å². The number of hydrogen-bond acceptors (Lipinski definition) is 4. The molecule has 3 aromatic rings. The molecular weight excluding hydrogens is 320 g/mol. The molecule has 1 N–H and O–H groups in total. The summed E-state index contributed by atoms with van der Waals surface area (Å²) in [6.07, 6.45) is 0.756. The van der Waals surface area contributed by atoms with E-state index in [0.717, 1.165) is 25.9 Å². The molecule has 0 aliphatic rings. The number of aryl methyl sites for hydroxylation is 1. The van der Waals surface area contributed by atoms with Crippen LogP contribution in [0.5, 0.6) is 0 Å². The summed E-state index contributed by atoms with van der Waals surface area (Å²) in [6.45, 7) is 0.568. The predicted molar refractivity (Wildman–Crippen MR) is 84.3 cm³/mol. The molecule has 7 heteroatoms. The lowest BCUT2D eigenvalue weighted by Crippen LogP contribution is -2.22. The van der Waals surface area contributed by atoms with E-state index in [9.17, 15) is 4.79 Å². The van der Waals surface area contributed by atoms with E-state index in [2.05, 4.69) is 4.98 Å². The van der Waals surface area contributed by atoms with E-state index in [1.54, 1.807) is 4.57 Å². The number of hydrogen-bond donors (Lipinski definition) is 1. The van der Waals surface area contributed by atoms with Gasteiger partial charge in [-0.3, -0.25) is 9.36 Å². The monoisotopic (exact) mass is 328 g/mol. The number of nitrogens with zero attached hydrogens (tertiary/aromatic N) is 1. The highest BCUT2D eigenvalue weighted by Crippen LogP contribution is 2.22. The Kier molecular flexibility index (Phi) is 3.58. The van der Waals surface area contributed by atoms with Crippen molar-refractivity contribution in [2.45, 2.75) is 13.0 Å². The van der Waals surface area contributed by atoms with Gasteiger partial charge in [-0.1, -0.05) is 11.6 Å². The molecule has 19 heavy (non-hydrogen) atoms. The van der Waals surface area contributed by atoms with Crippen molar-refractivity contribution in [3.63, 3.8) is 0 Å². The normalized spacial score (nSPS) is 11.2. The summed E-state index contributed by atoms with van der Waals surface area (Å²) in [5.41, 5.74) is 0.798. The first kappa shape index (κ1) is 13.1. The van der Waals surface area contributed by atoms with Crippen LogP contribution in [0.4, 0.5) is 0 Å². The molecule has 3 aromatic heterocycles. The molecule has 0 aliphatic heterocycles. The second-order valence-electron chi connectivity index (χ2n) is 4.01. The highest BCUT2D eigenvalue weighted by molar-refractivity contribution is 7.71. The Morgan fingerprint density at radius 3 is 2.95 bits per heavy atom. The van der Waals surface area contributed by atoms with Crippen LogP contribution >= 0.6 is 46.5 Å². The molecule has 0 saturated carbocycles. The van der Waals surface area contributed by atoms with E-state index in [0.29, 0.717) is 11.3 Å². The minimum atomic E-state index is -0.0172. The van der Waals surface area contributed by atoms with Gasteiger partial charge in [-0.2, -0.15) is 0 Å². The van der Waals surface area contributed by atoms with E-state index in [1.165, 1.54) is 22.7 Å². The Bertz CT molecular complexity index is 842. The molecule has 0 bridgehead atoms. The van der Waals surface area contributed by atoms with E-state index in [4.69, 9.17) is 23.8 Å². The van der Waals surface area contributed by atoms with Gasteiger partial charge >= 0.3 is 0 Å². The number of H-pyrrole nitrogens is 1. The topological polar surface area (TPSA) is 37.8 Å². The highest BCUT2D eigenvalue weighted by Gasteiger charge is 2.07. The van der Waals surface area contributed by atoms with Crippen molar-refractivity contribution in [2.75, 3.05) is 0 Å². The maximum atomic E-state index is 12.3. The Hall–Kier alpha value is -0.950. The van der Waals surface area contributed by atoms with Gasteiger partial charge in [-0.25, -0.2) is 0 Å². The van der Waals surface area contributed by atoms with Crippen molar-refractivity contribution < 1.29 is 0 Å². The first-order valence-electron chi connectivity index (χ1n) is 5.59. The molecule has 0 aromatic carbocycles. The highest BCUT2D eigenvalue weighted by atomic mass is 35.5. The molecule has 98 valence electrons. The van der Waals surface area contributed by atoms with Gasteiger partial charge in [-0.15, -0.1) is 22.7 Å². The van der Waals surface area contributed by atoms with Crippen LogP contribution in [0.15, 0.2) is 28.4 Å². The first-order valence-corrected chi connectivity index (χ1v) is 8.08. The van der Waals surface area contributed by atoms with Crippen LogP contribution in [0.25, 0.3) is 10.2 Å². The van der Waals surface area contributed by atoms with Crippen LogP contribution in [0.1, 0.15) is 4.88 Å². The molecule has 3 heterocycles. The van der Waals surface area contributed by atoms with Gasteiger partial charge in [0.15, 0.2) is 4.77 Å². The van der Waals surface area contributed by atoms with Crippen molar-refractivity contribution in [1.82, 2.24) is 9.55 Å².